The third-order valence-corrected chi connectivity index (χ3v) is 4.10. The van der Waals surface area contributed by atoms with Crippen LogP contribution in [-0.2, 0) is 4.79 Å². The molecule has 0 aromatic carbocycles. The van der Waals surface area contributed by atoms with Crippen molar-refractivity contribution in [3.63, 3.8) is 0 Å². The van der Waals surface area contributed by atoms with Gasteiger partial charge in [0.05, 0.1) is 11.6 Å². The van der Waals surface area contributed by atoms with E-state index in [9.17, 15) is 4.79 Å². The van der Waals surface area contributed by atoms with Gasteiger partial charge in [-0.25, -0.2) is 19.7 Å². The van der Waals surface area contributed by atoms with Crippen LogP contribution in [0.2, 0.25) is 0 Å². The average molecular weight is 339 g/mol. The van der Waals surface area contributed by atoms with Gasteiger partial charge in [-0.2, -0.15) is 15.2 Å². The van der Waals surface area contributed by atoms with E-state index in [1.54, 1.807) is 4.68 Å². The normalized spacial score (nSPS) is 14.4. The monoisotopic (exact) mass is 339 g/mol. The molecule has 1 aliphatic rings. The van der Waals surface area contributed by atoms with Crippen LogP contribution in [0.15, 0.2) is 24.8 Å². The van der Waals surface area contributed by atoms with E-state index in [-0.39, 0.29) is 11.8 Å². The van der Waals surface area contributed by atoms with Gasteiger partial charge in [-0.15, -0.1) is 0 Å². The van der Waals surface area contributed by atoms with E-state index in [0.717, 1.165) is 17.2 Å². The van der Waals surface area contributed by atoms with Gasteiger partial charge in [0, 0.05) is 24.8 Å². The number of nitrogens with zero attached hydrogens (tertiary/aromatic N) is 7. The lowest BCUT2D eigenvalue weighted by molar-refractivity contribution is -0.120. The molecule has 3 aromatic rings. The van der Waals surface area contributed by atoms with E-state index in [4.69, 9.17) is 0 Å². The first-order valence-corrected chi connectivity index (χ1v) is 7.87. The summed E-state index contributed by atoms with van der Waals surface area (Å²) < 4.78 is 1.79. The molecule has 128 valence electrons. The Hall–Kier alpha value is -3.30. The molecule has 2 N–H and O–H groups in total. The van der Waals surface area contributed by atoms with Crippen molar-refractivity contribution in [1.29, 1.82) is 0 Å². The second-order valence-electron chi connectivity index (χ2n) is 6.00. The van der Waals surface area contributed by atoms with Crippen molar-refractivity contribution < 1.29 is 4.79 Å². The molecule has 1 fully saturated rings. The summed E-state index contributed by atoms with van der Waals surface area (Å²) in [5.41, 5.74) is 1.95. The van der Waals surface area contributed by atoms with Gasteiger partial charge in [-0.1, -0.05) is 0 Å². The molecule has 1 aliphatic heterocycles. The Morgan fingerprint density at radius 1 is 1.16 bits per heavy atom. The lowest BCUT2D eigenvalue weighted by atomic mass is 9.99. The number of aromatic amines is 1. The summed E-state index contributed by atoms with van der Waals surface area (Å²) in [6.45, 7) is 5.11. The Bertz CT molecular complexity index is 896. The Morgan fingerprint density at radius 2 is 1.96 bits per heavy atom. The maximum absolute atomic E-state index is 12.1. The second kappa shape index (κ2) is 5.96. The van der Waals surface area contributed by atoms with Crippen LogP contribution < -0.4 is 10.2 Å². The summed E-state index contributed by atoms with van der Waals surface area (Å²) in [5, 5.41) is 13.5. The van der Waals surface area contributed by atoms with Crippen LogP contribution in [0.5, 0.6) is 0 Å². The summed E-state index contributed by atoms with van der Waals surface area (Å²) in [6.07, 6.45) is 2.87. The Kier molecular flexibility index (Phi) is 3.64. The number of anilines is 2. The van der Waals surface area contributed by atoms with Crippen molar-refractivity contribution in [3.05, 3.63) is 36.2 Å². The number of hydrogen-bond donors (Lipinski definition) is 2. The SMILES string of the molecule is Cc1cc(C)n(-c2cc(N3CC(C(=O)Nc4ncn[nH]4)C3)ncn2)n1. The smallest absolute Gasteiger partial charge is 0.233 e. The third-order valence-electron chi connectivity index (χ3n) is 4.10. The van der Waals surface area contributed by atoms with Crippen molar-refractivity contribution in [3.8, 4) is 5.82 Å². The first kappa shape index (κ1) is 15.2. The number of amides is 1. The number of carbonyl (C=O) groups excluding carboxylic acids is 1. The quantitative estimate of drug-likeness (QED) is 0.709. The molecule has 0 saturated carbocycles. The molecule has 0 radical (unpaired) electrons. The van der Waals surface area contributed by atoms with Crippen LogP contribution in [0.4, 0.5) is 11.8 Å². The minimum atomic E-state index is -0.114. The zero-order valence-electron chi connectivity index (χ0n) is 13.8. The van der Waals surface area contributed by atoms with Crippen LogP contribution >= 0.6 is 0 Å². The van der Waals surface area contributed by atoms with Crippen LogP contribution in [0.3, 0.4) is 0 Å². The van der Waals surface area contributed by atoms with Gasteiger partial charge >= 0.3 is 0 Å². The molecule has 25 heavy (non-hydrogen) atoms. The number of carbonyl (C=O) groups is 1. The predicted molar refractivity (Wildman–Crippen MR) is 89.3 cm³/mol. The summed E-state index contributed by atoms with van der Waals surface area (Å²) in [6, 6.07) is 3.87. The average Bonchev–Trinajstić information content (AvgIpc) is 3.15. The van der Waals surface area contributed by atoms with Gasteiger partial charge in [-0.3, -0.25) is 10.1 Å². The Morgan fingerprint density at radius 3 is 2.64 bits per heavy atom. The maximum Gasteiger partial charge on any atom is 0.233 e. The van der Waals surface area contributed by atoms with Gasteiger partial charge in [0.1, 0.15) is 18.5 Å². The highest BCUT2D eigenvalue weighted by Gasteiger charge is 2.34. The van der Waals surface area contributed by atoms with Crippen molar-refractivity contribution in [2.75, 3.05) is 23.3 Å². The summed E-state index contributed by atoms with van der Waals surface area (Å²) >= 11 is 0. The molecular formula is C15H17N9O. The molecular weight excluding hydrogens is 322 g/mol. The van der Waals surface area contributed by atoms with E-state index in [0.29, 0.717) is 24.9 Å². The van der Waals surface area contributed by atoms with E-state index >= 15 is 0 Å². The minimum absolute atomic E-state index is 0.0826. The van der Waals surface area contributed by atoms with E-state index in [2.05, 4.69) is 35.6 Å². The molecule has 0 bridgehead atoms. The zero-order chi connectivity index (χ0) is 17.4. The van der Waals surface area contributed by atoms with Crippen molar-refractivity contribution in [2.24, 2.45) is 5.92 Å². The number of H-pyrrole nitrogens is 1. The fourth-order valence-electron chi connectivity index (χ4n) is 2.80. The van der Waals surface area contributed by atoms with Gasteiger partial charge < -0.3 is 4.90 Å². The summed E-state index contributed by atoms with van der Waals surface area (Å²) in [7, 11) is 0. The van der Waals surface area contributed by atoms with Crippen LogP contribution in [0, 0.1) is 19.8 Å². The molecule has 0 aliphatic carbocycles. The molecule has 4 heterocycles. The Balaban J connectivity index is 1.43. The molecule has 0 atom stereocenters. The topological polar surface area (TPSA) is 118 Å². The third kappa shape index (κ3) is 2.93. The summed E-state index contributed by atoms with van der Waals surface area (Å²) in [5.74, 6) is 1.65. The number of hydrogen-bond acceptors (Lipinski definition) is 7. The highest BCUT2D eigenvalue weighted by molar-refractivity contribution is 5.92. The number of nitrogens with one attached hydrogen (secondary N) is 2. The molecule has 10 heteroatoms. The van der Waals surface area contributed by atoms with E-state index in [1.165, 1.54) is 12.7 Å². The highest BCUT2D eigenvalue weighted by atomic mass is 16.2. The molecule has 0 unspecified atom stereocenters. The standard InChI is InChI=1S/C15H17N9O/c1-9-3-10(2)24(22-9)13-4-12(16-7-17-13)23-5-11(6-23)14(25)20-15-18-8-19-21-15/h3-4,7-8,11H,5-6H2,1-2H3,(H2,18,19,20,21,25). The van der Waals surface area contributed by atoms with Crippen LogP contribution in [-0.4, -0.2) is 53.9 Å². The fraction of sp³-hybridized carbons (Fsp3) is 0.333. The molecule has 0 spiro atoms. The molecule has 3 aromatic heterocycles. The molecule has 10 nitrogen and oxygen atoms in total. The molecule has 1 amide bonds. The van der Waals surface area contributed by atoms with Crippen molar-refractivity contribution in [2.45, 2.75) is 13.8 Å². The number of aromatic nitrogens is 7. The summed E-state index contributed by atoms with van der Waals surface area (Å²) in [4.78, 5) is 26.6. The fourth-order valence-corrected chi connectivity index (χ4v) is 2.80. The Labute approximate surface area is 143 Å². The van der Waals surface area contributed by atoms with Gasteiger partial charge in [0.15, 0.2) is 5.82 Å². The van der Waals surface area contributed by atoms with Crippen molar-refractivity contribution in [1.82, 2.24) is 34.9 Å². The number of rotatable bonds is 4. The van der Waals surface area contributed by atoms with E-state index < -0.39 is 0 Å². The largest absolute Gasteiger partial charge is 0.355 e. The minimum Gasteiger partial charge on any atom is -0.355 e. The predicted octanol–water partition coefficient (Wildman–Crippen LogP) is 0.472. The lowest BCUT2D eigenvalue weighted by Gasteiger charge is -2.38. The molecule has 4 rings (SSSR count). The van der Waals surface area contributed by atoms with Crippen LogP contribution in [0.1, 0.15) is 11.4 Å². The van der Waals surface area contributed by atoms with E-state index in [1.807, 2.05) is 30.9 Å². The van der Waals surface area contributed by atoms with Gasteiger partial charge in [0.2, 0.25) is 11.9 Å². The van der Waals surface area contributed by atoms with Gasteiger partial charge in [0.25, 0.3) is 0 Å². The van der Waals surface area contributed by atoms with Gasteiger partial charge in [-0.05, 0) is 19.9 Å². The lowest BCUT2D eigenvalue weighted by Crippen LogP contribution is -2.52. The highest BCUT2D eigenvalue weighted by Crippen LogP contribution is 2.24. The number of aryl methyl sites for hydroxylation is 2. The molecule has 1 saturated heterocycles. The maximum atomic E-state index is 12.1. The van der Waals surface area contributed by atoms with Crippen LogP contribution in [0.25, 0.3) is 5.82 Å². The first-order valence-electron chi connectivity index (χ1n) is 7.87. The first-order chi connectivity index (χ1) is 12.1. The second-order valence-corrected chi connectivity index (χ2v) is 6.00. The van der Waals surface area contributed by atoms with Crippen molar-refractivity contribution >= 4 is 17.7 Å². The zero-order valence-corrected chi connectivity index (χ0v) is 13.8.